The van der Waals surface area contributed by atoms with Crippen molar-refractivity contribution in [3.8, 4) is 0 Å². The zero-order chi connectivity index (χ0) is 18.4. The zero-order valence-corrected chi connectivity index (χ0v) is 15.1. The van der Waals surface area contributed by atoms with Crippen LogP contribution in [0.2, 0.25) is 0 Å². The lowest BCUT2D eigenvalue weighted by molar-refractivity contribution is -0.136. The average Bonchev–Trinajstić information content (AvgIpc) is 3.12. The standard InChI is InChI=1S/C18H20N2O4S/c1-11(2)15(14-8-5-9-25-14)20-17(22)16(21)19-13-7-4-6-12(10-13)18(23)24-3/h4-11,15H,1-3H3,(H,19,21)(H,20,22)/t15-/m1/s1. The summed E-state index contributed by atoms with van der Waals surface area (Å²) in [5, 5.41) is 7.18. The van der Waals surface area contributed by atoms with Crippen molar-refractivity contribution in [1.82, 2.24) is 5.32 Å². The average molecular weight is 360 g/mol. The van der Waals surface area contributed by atoms with E-state index in [1.165, 1.54) is 24.5 Å². The number of ether oxygens (including phenoxy) is 1. The van der Waals surface area contributed by atoms with Crippen LogP contribution in [0.15, 0.2) is 41.8 Å². The van der Waals surface area contributed by atoms with Gasteiger partial charge in [-0.05, 0) is 35.6 Å². The van der Waals surface area contributed by atoms with Crippen LogP contribution in [0.4, 0.5) is 5.69 Å². The number of benzene rings is 1. The molecule has 0 radical (unpaired) electrons. The van der Waals surface area contributed by atoms with Crippen molar-refractivity contribution >= 4 is 34.8 Å². The molecule has 2 aromatic rings. The fraction of sp³-hybridized carbons (Fsp3) is 0.278. The number of amides is 2. The van der Waals surface area contributed by atoms with Gasteiger partial charge in [-0.15, -0.1) is 11.3 Å². The monoisotopic (exact) mass is 360 g/mol. The summed E-state index contributed by atoms with van der Waals surface area (Å²) < 4.78 is 4.63. The van der Waals surface area contributed by atoms with Gasteiger partial charge in [0.2, 0.25) is 0 Å². The van der Waals surface area contributed by atoms with Gasteiger partial charge in [0.1, 0.15) is 0 Å². The first-order chi connectivity index (χ1) is 11.9. The molecular weight excluding hydrogens is 340 g/mol. The third-order valence-electron chi connectivity index (χ3n) is 3.55. The van der Waals surface area contributed by atoms with Crippen LogP contribution >= 0.6 is 11.3 Å². The summed E-state index contributed by atoms with van der Waals surface area (Å²) in [6.07, 6.45) is 0. The molecular formula is C18H20N2O4S. The van der Waals surface area contributed by atoms with Gasteiger partial charge < -0.3 is 15.4 Å². The SMILES string of the molecule is COC(=O)c1cccc(NC(=O)C(=O)N[C@@H](c2cccs2)C(C)C)c1. The number of nitrogens with one attached hydrogen (secondary N) is 2. The molecule has 0 aliphatic heterocycles. The highest BCUT2D eigenvalue weighted by atomic mass is 32.1. The Hall–Kier alpha value is -2.67. The van der Waals surface area contributed by atoms with Crippen LogP contribution in [0.25, 0.3) is 0 Å². The van der Waals surface area contributed by atoms with E-state index in [-0.39, 0.29) is 12.0 Å². The van der Waals surface area contributed by atoms with Crippen LogP contribution in [0.3, 0.4) is 0 Å². The summed E-state index contributed by atoms with van der Waals surface area (Å²) in [4.78, 5) is 36.9. The van der Waals surface area contributed by atoms with Gasteiger partial charge in [-0.1, -0.05) is 26.0 Å². The van der Waals surface area contributed by atoms with Crippen molar-refractivity contribution in [1.29, 1.82) is 0 Å². The quantitative estimate of drug-likeness (QED) is 0.634. The zero-order valence-electron chi connectivity index (χ0n) is 14.2. The van der Waals surface area contributed by atoms with Crippen molar-refractivity contribution in [2.45, 2.75) is 19.9 Å². The van der Waals surface area contributed by atoms with Crippen molar-refractivity contribution in [2.24, 2.45) is 5.92 Å². The van der Waals surface area contributed by atoms with Crippen LogP contribution in [0, 0.1) is 5.92 Å². The molecule has 0 saturated carbocycles. The first-order valence-corrected chi connectivity index (χ1v) is 8.64. The molecule has 2 N–H and O–H groups in total. The summed E-state index contributed by atoms with van der Waals surface area (Å²) in [6.45, 7) is 3.95. The summed E-state index contributed by atoms with van der Waals surface area (Å²) in [5.74, 6) is -1.89. The lowest BCUT2D eigenvalue weighted by atomic mass is 10.0. The van der Waals surface area contributed by atoms with Crippen LogP contribution in [-0.2, 0) is 14.3 Å². The minimum absolute atomic E-state index is 0.137. The van der Waals surface area contributed by atoms with Gasteiger partial charge in [0.25, 0.3) is 0 Å². The molecule has 0 aliphatic carbocycles. The van der Waals surface area contributed by atoms with Gasteiger partial charge in [0, 0.05) is 10.6 Å². The maximum atomic E-state index is 12.2. The molecule has 6 nitrogen and oxygen atoms in total. The van der Waals surface area contributed by atoms with Crippen molar-refractivity contribution in [3.05, 3.63) is 52.2 Å². The molecule has 1 aromatic heterocycles. The maximum absolute atomic E-state index is 12.2. The van der Waals surface area contributed by atoms with E-state index in [9.17, 15) is 14.4 Å². The molecule has 7 heteroatoms. The number of esters is 1. The van der Waals surface area contributed by atoms with E-state index >= 15 is 0 Å². The second kappa shape index (κ2) is 8.43. The molecule has 2 amide bonds. The van der Waals surface area contributed by atoms with E-state index < -0.39 is 17.8 Å². The Morgan fingerprint density at radius 2 is 1.84 bits per heavy atom. The molecule has 25 heavy (non-hydrogen) atoms. The summed E-state index contributed by atoms with van der Waals surface area (Å²) in [5.41, 5.74) is 0.639. The van der Waals surface area contributed by atoms with Crippen molar-refractivity contribution in [3.63, 3.8) is 0 Å². The number of carbonyl (C=O) groups excluding carboxylic acids is 3. The fourth-order valence-corrected chi connectivity index (χ4v) is 3.22. The first-order valence-electron chi connectivity index (χ1n) is 7.76. The molecule has 1 atom stereocenters. The molecule has 0 spiro atoms. The number of thiophene rings is 1. The Bertz CT molecular complexity index is 756. The second-order valence-corrected chi connectivity index (χ2v) is 6.72. The van der Waals surface area contributed by atoms with Crippen molar-refractivity contribution < 1.29 is 19.1 Å². The Balaban J connectivity index is 2.05. The summed E-state index contributed by atoms with van der Waals surface area (Å²) in [7, 11) is 1.28. The van der Waals surface area contributed by atoms with Crippen LogP contribution in [0.1, 0.15) is 35.1 Å². The fourth-order valence-electron chi connectivity index (χ4n) is 2.27. The highest BCUT2D eigenvalue weighted by molar-refractivity contribution is 7.10. The molecule has 132 valence electrons. The van der Waals surface area contributed by atoms with Crippen LogP contribution in [0.5, 0.6) is 0 Å². The van der Waals surface area contributed by atoms with Gasteiger partial charge >= 0.3 is 17.8 Å². The molecule has 0 fully saturated rings. The number of carbonyl (C=O) groups is 3. The van der Waals surface area contributed by atoms with Gasteiger partial charge in [0.15, 0.2) is 0 Å². The van der Waals surface area contributed by atoms with E-state index in [0.29, 0.717) is 11.3 Å². The van der Waals surface area contributed by atoms with Crippen LogP contribution < -0.4 is 10.6 Å². The minimum Gasteiger partial charge on any atom is -0.465 e. The van der Waals surface area contributed by atoms with E-state index in [2.05, 4.69) is 15.4 Å². The number of rotatable bonds is 5. The third kappa shape index (κ3) is 4.90. The lowest BCUT2D eigenvalue weighted by Gasteiger charge is -2.20. The number of methoxy groups -OCH3 is 1. The number of hydrogen-bond acceptors (Lipinski definition) is 5. The van der Waals surface area contributed by atoms with Gasteiger partial charge in [-0.25, -0.2) is 4.79 Å². The molecule has 0 saturated heterocycles. The molecule has 1 aromatic carbocycles. The molecule has 0 aliphatic rings. The van der Waals surface area contributed by atoms with Gasteiger partial charge in [-0.3, -0.25) is 9.59 Å². The van der Waals surface area contributed by atoms with E-state index in [1.807, 2.05) is 31.4 Å². The molecule has 1 heterocycles. The molecule has 0 bridgehead atoms. The van der Waals surface area contributed by atoms with E-state index in [4.69, 9.17) is 0 Å². The Morgan fingerprint density at radius 3 is 2.44 bits per heavy atom. The van der Waals surface area contributed by atoms with E-state index in [0.717, 1.165) is 4.88 Å². The highest BCUT2D eigenvalue weighted by Crippen LogP contribution is 2.25. The van der Waals surface area contributed by atoms with E-state index in [1.54, 1.807) is 18.2 Å². The van der Waals surface area contributed by atoms with Gasteiger partial charge in [0.05, 0.1) is 18.7 Å². The largest absolute Gasteiger partial charge is 0.465 e. The maximum Gasteiger partial charge on any atom is 0.337 e. The minimum atomic E-state index is -0.788. The topological polar surface area (TPSA) is 84.5 Å². The lowest BCUT2D eigenvalue weighted by Crippen LogP contribution is -2.39. The Labute approximate surface area is 150 Å². The van der Waals surface area contributed by atoms with Crippen molar-refractivity contribution in [2.75, 3.05) is 12.4 Å². The highest BCUT2D eigenvalue weighted by Gasteiger charge is 2.23. The predicted molar refractivity (Wildman–Crippen MR) is 96.5 cm³/mol. The smallest absolute Gasteiger partial charge is 0.337 e. The summed E-state index contributed by atoms with van der Waals surface area (Å²) in [6, 6.07) is 9.80. The molecule has 0 unspecified atom stereocenters. The number of hydrogen-bond donors (Lipinski definition) is 2. The summed E-state index contributed by atoms with van der Waals surface area (Å²) >= 11 is 1.53. The third-order valence-corrected chi connectivity index (χ3v) is 4.51. The normalized spacial score (nSPS) is 11.7. The first kappa shape index (κ1) is 18.7. The molecule has 2 rings (SSSR count). The van der Waals surface area contributed by atoms with Gasteiger partial charge in [-0.2, -0.15) is 0 Å². The predicted octanol–water partition coefficient (Wildman–Crippen LogP) is 2.99. The Kier molecular flexibility index (Phi) is 6.30. The number of anilines is 1. The Morgan fingerprint density at radius 1 is 1.08 bits per heavy atom. The van der Waals surface area contributed by atoms with Crippen LogP contribution in [-0.4, -0.2) is 24.9 Å². The second-order valence-electron chi connectivity index (χ2n) is 5.74.